The molecule has 4 heteroatoms. The summed E-state index contributed by atoms with van der Waals surface area (Å²) in [5.41, 5.74) is -0.526. The van der Waals surface area contributed by atoms with E-state index in [1.165, 1.54) is 16.8 Å². The molecule has 32 heavy (non-hydrogen) atoms. The molecule has 2 fully saturated rings. The number of hydrogen-bond acceptors (Lipinski definition) is 3. The van der Waals surface area contributed by atoms with E-state index in [2.05, 4.69) is 86.3 Å². The zero-order valence-electron chi connectivity index (χ0n) is 19.4. The lowest BCUT2D eigenvalue weighted by Gasteiger charge is -2.50. The highest BCUT2D eigenvalue weighted by molar-refractivity contribution is 6.96. The fourth-order valence-electron chi connectivity index (χ4n) is 6.26. The summed E-state index contributed by atoms with van der Waals surface area (Å²) in [4.78, 5) is 13.1. The molecule has 2 aromatic rings. The Balaban J connectivity index is 1.53. The summed E-state index contributed by atoms with van der Waals surface area (Å²) in [6.45, 7) is 6.40. The van der Waals surface area contributed by atoms with Gasteiger partial charge in [-0.05, 0) is 29.8 Å². The molecule has 2 heterocycles. The first-order chi connectivity index (χ1) is 15.5. The van der Waals surface area contributed by atoms with Crippen LogP contribution in [-0.2, 0) is 14.0 Å². The quantitative estimate of drug-likeness (QED) is 0.501. The summed E-state index contributed by atoms with van der Waals surface area (Å²) >= 11 is 0. The Morgan fingerprint density at radius 1 is 0.938 bits per heavy atom. The minimum Gasteiger partial charge on any atom is -0.405 e. The number of ether oxygens (including phenoxy) is 1. The average molecular weight is 447 g/mol. The van der Waals surface area contributed by atoms with Crippen LogP contribution in [0.5, 0.6) is 0 Å². The largest absolute Gasteiger partial charge is 0.405 e. The molecule has 0 spiro atoms. The Labute approximate surface area is 193 Å². The molecule has 2 bridgehead atoms. The van der Waals surface area contributed by atoms with Crippen molar-refractivity contribution in [3.8, 4) is 0 Å². The van der Waals surface area contributed by atoms with Crippen LogP contribution in [0.3, 0.4) is 0 Å². The van der Waals surface area contributed by atoms with Gasteiger partial charge in [-0.3, -0.25) is 4.79 Å². The maximum absolute atomic E-state index is 13.1. The van der Waals surface area contributed by atoms with E-state index in [9.17, 15) is 4.79 Å². The first-order valence-corrected chi connectivity index (χ1v) is 14.6. The molecule has 3 aliphatic rings. The number of ketones is 1. The lowest BCUT2D eigenvalue weighted by atomic mass is 9.67. The summed E-state index contributed by atoms with van der Waals surface area (Å²) in [7, 11) is -2.44. The Hall–Kier alpha value is -2.01. The van der Waals surface area contributed by atoms with Gasteiger partial charge < -0.3 is 9.16 Å². The normalized spacial score (nSPS) is 34.6. The number of benzene rings is 2. The van der Waals surface area contributed by atoms with Gasteiger partial charge in [-0.25, -0.2) is 0 Å². The van der Waals surface area contributed by atoms with Crippen molar-refractivity contribution in [3.63, 3.8) is 0 Å². The molecule has 1 saturated carbocycles. The average Bonchev–Trinajstić information content (AvgIpc) is 3.27. The SMILES string of the molecule is C[C@@H]1C(=O)[C@H](C)[C@@H]2C=C[C@@]1([C@H]1CCCC[C@@H]1O[Si](C)(c1ccccc1)c1ccccc1)O2. The Kier molecular flexibility index (Phi) is 5.73. The fraction of sp³-hybridized carbons (Fsp3) is 0.464. The topological polar surface area (TPSA) is 35.5 Å². The number of carbonyl (C=O) groups excluding carboxylic acids is 1. The lowest BCUT2D eigenvalue weighted by molar-refractivity contribution is -0.180. The number of fused-ring (bicyclic) bond motifs is 2. The van der Waals surface area contributed by atoms with Gasteiger partial charge in [-0.15, -0.1) is 0 Å². The number of rotatable bonds is 5. The maximum Gasteiger partial charge on any atom is 0.253 e. The minimum absolute atomic E-state index is 0.0619. The molecule has 1 saturated heterocycles. The molecule has 0 unspecified atom stereocenters. The van der Waals surface area contributed by atoms with E-state index < -0.39 is 13.9 Å². The maximum atomic E-state index is 13.1. The molecule has 5 rings (SSSR count). The third kappa shape index (κ3) is 3.44. The highest BCUT2D eigenvalue weighted by Crippen LogP contribution is 2.50. The molecule has 0 radical (unpaired) electrons. The Morgan fingerprint density at radius 2 is 1.53 bits per heavy atom. The van der Waals surface area contributed by atoms with Crippen LogP contribution in [0.1, 0.15) is 39.5 Å². The second kappa shape index (κ2) is 8.40. The van der Waals surface area contributed by atoms with Gasteiger partial charge in [0.15, 0.2) is 0 Å². The summed E-state index contributed by atoms with van der Waals surface area (Å²) in [5.74, 6) is 0.334. The van der Waals surface area contributed by atoms with Gasteiger partial charge in [0.05, 0.1) is 12.2 Å². The van der Waals surface area contributed by atoms with Crippen LogP contribution < -0.4 is 10.4 Å². The van der Waals surface area contributed by atoms with Crippen LogP contribution in [0, 0.1) is 17.8 Å². The van der Waals surface area contributed by atoms with Crippen molar-refractivity contribution in [2.24, 2.45) is 17.8 Å². The number of hydrogen-bond donors (Lipinski definition) is 0. The first kappa shape index (κ1) is 21.8. The van der Waals surface area contributed by atoms with Gasteiger partial charge in [0, 0.05) is 17.8 Å². The van der Waals surface area contributed by atoms with E-state index in [1.807, 2.05) is 6.92 Å². The van der Waals surface area contributed by atoms with Crippen molar-refractivity contribution in [1.82, 2.24) is 0 Å². The van der Waals surface area contributed by atoms with Crippen molar-refractivity contribution < 1.29 is 14.0 Å². The molecule has 0 aromatic heterocycles. The van der Waals surface area contributed by atoms with E-state index in [1.54, 1.807) is 0 Å². The third-order valence-electron chi connectivity index (χ3n) is 8.25. The second-order valence-electron chi connectivity index (χ2n) is 10.0. The summed E-state index contributed by atoms with van der Waals surface area (Å²) in [6.07, 6.45) is 8.75. The molecule has 0 N–H and O–H groups in total. The van der Waals surface area contributed by atoms with Gasteiger partial charge in [-0.2, -0.15) is 0 Å². The number of Topliss-reactive ketones (excluding diaryl/α,β-unsaturated/α-hetero) is 1. The molecule has 168 valence electrons. The van der Waals surface area contributed by atoms with E-state index in [0.717, 1.165) is 19.3 Å². The van der Waals surface area contributed by atoms with Crippen molar-refractivity contribution >= 4 is 24.5 Å². The second-order valence-corrected chi connectivity index (χ2v) is 13.5. The Morgan fingerprint density at radius 3 is 2.16 bits per heavy atom. The monoisotopic (exact) mass is 446 g/mol. The van der Waals surface area contributed by atoms with Crippen LogP contribution in [0.15, 0.2) is 72.8 Å². The van der Waals surface area contributed by atoms with E-state index >= 15 is 0 Å². The summed E-state index contributed by atoms with van der Waals surface area (Å²) in [5, 5.41) is 2.57. The van der Waals surface area contributed by atoms with Crippen LogP contribution in [0.25, 0.3) is 0 Å². The number of carbonyl (C=O) groups is 1. The predicted molar refractivity (Wildman–Crippen MR) is 131 cm³/mol. The van der Waals surface area contributed by atoms with Crippen molar-refractivity contribution in [3.05, 3.63) is 72.8 Å². The van der Waals surface area contributed by atoms with Crippen molar-refractivity contribution in [1.29, 1.82) is 0 Å². The van der Waals surface area contributed by atoms with Crippen LogP contribution in [0.4, 0.5) is 0 Å². The third-order valence-corrected chi connectivity index (χ3v) is 11.9. The van der Waals surface area contributed by atoms with E-state index in [-0.39, 0.29) is 30.0 Å². The summed E-state index contributed by atoms with van der Waals surface area (Å²) in [6, 6.07) is 21.4. The van der Waals surface area contributed by atoms with Crippen LogP contribution in [-0.4, -0.2) is 31.9 Å². The molecule has 0 amide bonds. The van der Waals surface area contributed by atoms with Gasteiger partial charge in [-0.1, -0.05) is 99.5 Å². The van der Waals surface area contributed by atoms with Gasteiger partial charge in [0.1, 0.15) is 11.4 Å². The lowest BCUT2D eigenvalue weighted by Crippen LogP contribution is -2.64. The smallest absolute Gasteiger partial charge is 0.253 e. The highest BCUT2D eigenvalue weighted by Gasteiger charge is 2.58. The zero-order chi connectivity index (χ0) is 22.3. The highest BCUT2D eigenvalue weighted by atomic mass is 28.4. The van der Waals surface area contributed by atoms with E-state index in [0.29, 0.717) is 5.78 Å². The van der Waals surface area contributed by atoms with E-state index in [4.69, 9.17) is 9.16 Å². The molecule has 3 nitrogen and oxygen atoms in total. The van der Waals surface area contributed by atoms with Crippen LogP contribution >= 0.6 is 0 Å². The van der Waals surface area contributed by atoms with Gasteiger partial charge >= 0.3 is 0 Å². The standard InChI is InChI=1S/C28H34O3Si/c1-20-25-18-19-28(30-25,21(2)27(20)29)24-16-10-11-17-26(24)31-32(3,22-12-6-4-7-13-22)23-14-8-5-9-15-23/h4-9,12-15,18-21,24-26H,10-11,16-17H2,1-3H3/t20-,21-,24+,25+,26+,28-/m1/s1. The molecule has 1 aliphatic carbocycles. The van der Waals surface area contributed by atoms with Gasteiger partial charge in [0.25, 0.3) is 8.32 Å². The molecule has 2 aromatic carbocycles. The molecular weight excluding hydrogens is 412 g/mol. The van der Waals surface area contributed by atoms with Crippen molar-refractivity contribution in [2.45, 2.75) is 63.9 Å². The predicted octanol–water partition coefficient (Wildman–Crippen LogP) is 4.50. The summed E-state index contributed by atoms with van der Waals surface area (Å²) < 4.78 is 14.0. The minimum atomic E-state index is -2.44. The Bertz CT molecular complexity index is 949. The van der Waals surface area contributed by atoms with Crippen molar-refractivity contribution in [2.75, 3.05) is 0 Å². The zero-order valence-corrected chi connectivity index (χ0v) is 20.4. The molecular formula is C28H34O3Si. The van der Waals surface area contributed by atoms with Gasteiger partial charge in [0.2, 0.25) is 0 Å². The fourth-order valence-corrected chi connectivity index (χ4v) is 9.41. The first-order valence-electron chi connectivity index (χ1n) is 12.2. The molecule has 2 aliphatic heterocycles. The molecule has 6 atom stereocenters. The van der Waals surface area contributed by atoms with Crippen LogP contribution in [0.2, 0.25) is 6.55 Å².